The summed E-state index contributed by atoms with van der Waals surface area (Å²) in [5.41, 5.74) is -0.0500. The topological polar surface area (TPSA) is 119 Å². The zero-order valence-corrected chi connectivity index (χ0v) is 19.3. The van der Waals surface area contributed by atoms with E-state index in [1.165, 1.54) is 0 Å². The van der Waals surface area contributed by atoms with E-state index >= 15 is 0 Å². The molecule has 0 saturated heterocycles. The molecule has 0 amide bonds. The zero-order chi connectivity index (χ0) is 23.3. The van der Waals surface area contributed by atoms with E-state index in [0.717, 1.165) is 6.42 Å². The van der Waals surface area contributed by atoms with Gasteiger partial charge in [-0.1, -0.05) is 48.0 Å². The fraction of sp³-hybridized carbons (Fsp3) is 0.864. The summed E-state index contributed by atoms with van der Waals surface area (Å²) < 4.78 is 15.6. The summed E-state index contributed by atoms with van der Waals surface area (Å²) >= 11 is 0. The first-order valence-corrected chi connectivity index (χ1v) is 10.8. The third-order valence-corrected chi connectivity index (χ3v) is 5.04. The Morgan fingerprint density at radius 1 is 0.733 bits per heavy atom. The minimum Gasteiger partial charge on any atom is -0.462 e. The van der Waals surface area contributed by atoms with Crippen molar-refractivity contribution in [3.63, 3.8) is 0 Å². The molecule has 176 valence electrons. The molecule has 0 aliphatic heterocycles. The molecule has 8 nitrogen and oxygen atoms in total. The second kappa shape index (κ2) is 14.4. The number of carbonyl (C=O) groups is 3. The van der Waals surface area contributed by atoms with Crippen molar-refractivity contribution in [3.8, 4) is 0 Å². The summed E-state index contributed by atoms with van der Waals surface area (Å²) in [7, 11) is 0. The highest BCUT2D eigenvalue weighted by Gasteiger charge is 2.27. The van der Waals surface area contributed by atoms with Crippen LogP contribution in [-0.4, -0.2) is 59.6 Å². The highest BCUT2D eigenvalue weighted by atomic mass is 16.6. The lowest BCUT2D eigenvalue weighted by molar-refractivity contribution is -0.169. The molecule has 4 unspecified atom stereocenters. The van der Waals surface area contributed by atoms with Crippen molar-refractivity contribution in [2.45, 2.75) is 98.4 Å². The van der Waals surface area contributed by atoms with Crippen molar-refractivity contribution in [2.24, 2.45) is 11.3 Å². The molecule has 0 aliphatic carbocycles. The van der Waals surface area contributed by atoms with Crippen molar-refractivity contribution >= 4 is 17.9 Å². The van der Waals surface area contributed by atoms with Gasteiger partial charge < -0.3 is 24.4 Å². The minimum atomic E-state index is -0.983. The first-order chi connectivity index (χ1) is 13.9. The highest BCUT2D eigenvalue weighted by molar-refractivity contribution is 5.71. The number of esters is 3. The van der Waals surface area contributed by atoms with Crippen LogP contribution < -0.4 is 0 Å². The van der Waals surface area contributed by atoms with Crippen LogP contribution in [0.5, 0.6) is 0 Å². The van der Waals surface area contributed by atoms with Gasteiger partial charge in [-0.2, -0.15) is 0 Å². The predicted octanol–water partition coefficient (Wildman–Crippen LogP) is 2.77. The van der Waals surface area contributed by atoms with E-state index in [-0.39, 0.29) is 43.8 Å². The predicted molar refractivity (Wildman–Crippen MR) is 111 cm³/mol. The monoisotopic (exact) mass is 432 g/mol. The van der Waals surface area contributed by atoms with Gasteiger partial charge in [0, 0.05) is 6.42 Å². The Balaban J connectivity index is 4.83. The van der Waals surface area contributed by atoms with Crippen molar-refractivity contribution in [2.75, 3.05) is 13.2 Å². The van der Waals surface area contributed by atoms with Gasteiger partial charge in [-0.15, -0.1) is 0 Å². The Bertz CT molecular complexity index is 526. The van der Waals surface area contributed by atoms with Crippen molar-refractivity contribution in [1.29, 1.82) is 0 Å². The maximum atomic E-state index is 12.3. The largest absolute Gasteiger partial charge is 0.462 e. The van der Waals surface area contributed by atoms with Crippen LogP contribution in [0.3, 0.4) is 0 Å². The second-order valence-electron chi connectivity index (χ2n) is 8.69. The fourth-order valence-electron chi connectivity index (χ4n) is 2.78. The Morgan fingerprint density at radius 3 is 1.57 bits per heavy atom. The van der Waals surface area contributed by atoms with Crippen LogP contribution in [-0.2, 0) is 28.6 Å². The molecule has 0 aromatic rings. The van der Waals surface area contributed by atoms with Crippen LogP contribution in [0.15, 0.2) is 0 Å². The van der Waals surface area contributed by atoms with Crippen LogP contribution in [0.1, 0.15) is 80.1 Å². The summed E-state index contributed by atoms with van der Waals surface area (Å²) in [6.07, 6.45) is -1.14. The average Bonchev–Trinajstić information content (AvgIpc) is 2.66. The van der Waals surface area contributed by atoms with E-state index in [9.17, 15) is 24.6 Å². The molecule has 0 aliphatic rings. The lowest BCUT2D eigenvalue weighted by Crippen LogP contribution is -2.33. The van der Waals surface area contributed by atoms with E-state index < -0.39 is 36.2 Å². The molecule has 0 radical (unpaired) electrons. The molecule has 0 aromatic carbocycles. The van der Waals surface area contributed by atoms with Crippen LogP contribution in [0.25, 0.3) is 0 Å². The van der Waals surface area contributed by atoms with Gasteiger partial charge in [-0.25, -0.2) is 0 Å². The van der Waals surface area contributed by atoms with E-state index in [1.807, 2.05) is 6.92 Å². The average molecular weight is 433 g/mol. The van der Waals surface area contributed by atoms with Gasteiger partial charge in [0.15, 0.2) is 6.10 Å². The van der Waals surface area contributed by atoms with Crippen LogP contribution >= 0.6 is 0 Å². The van der Waals surface area contributed by atoms with Crippen LogP contribution in [0.2, 0.25) is 0 Å². The molecule has 4 atom stereocenters. The van der Waals surface area contributed by atoms with Crippen molar-refractivity contribution < 1.29 is 38.8 Å². The molecular formula is C22H40O8. The maximum absolute atomic E-state index is 12.3. The summed E-state index contributed by atoms with van der Waals surface area (Å²) in [4.78, 5) is 36.0. The second-order valence-corrected chi connectivity index (χ2v) is 8.69. The third kappa shape index (κ3) is 12.8. The van der Waals surface area contributed by atoms with Gasteiger partial charge in [-0.3, -0.25) is 14.4 Å². The SMILES string of the molecule is CCC(O)CC(=O)OCC(COC(=O)CC(CC)C(C)(C)C)OC(=O)CC(O)CC. The third-order valence-electron chi connectivity index (χ3n) is 5.04. The van der Waals surface area contributed by atoms with Crippen LogP contribution in [0, 0.1) is 11.3 Å². The number of rotatable bonds is 14. The Labute approximate surface area is 180 Å². The molecule has 0 fully saturated rings. The van der Waals surface area contributed by atoms with E-state index in [1.54, 1.807) is 13.8 Å². The van der Waals surface area contributed by atoms with E-state index in [4.69, 9.17) is 14.2 Å². The summed E-state index contributed by atoms with van der Waals surface area (Å²) in [5.74, 6) is -1.58. The van der Waals surface area contributed by atoms with Crippen molar-refractivity contribution in [3.05, 3.63) is 0 Å². The smallest absolute Gasteiger partial charge is 0.308 e. The quantitative estimate of drug-likeness (QED) is 0.318. The fourth-order valence-corrected chi connectivity index (χ4v) is 2.78. The van der Waals surface area contributed by atoms with Gasteiger partial charge in [-0.05, 0) is 24.2 Å². The number of ether oxygens (including phenoxy) is 3. The molecule has 0 rings (SSSR count). The maximum Gasteiger partial charge on any atom is 0.308 e. The van der Waals surface area contributed by atoms with Gasteiger partial charge in [0.2, 0.25) is 0 Å². The lowest BCUT2D eigenvalue weighted by atomic mass is 9.77. The van der Waals surface area contributed by atoms with Gasteiger partial charge in [0.05, 0.1) is 25.0 Å². The summed E-state index contributed by atoms with van der Waals surface area (Å²) in [5, 5.41) is 19.1. The number of carbonyl (C=O) groups excluding carboxylic acids is 3. The lowest BCUT2D eigenvalue weighted by Gasteiger charge is -2.29. The zero-order valence-electron chi connectivity index (χ0n) is 19.3. The number of aliphatic hydroxyl groups excluding tert-OH is 2. The molecule has 30 heavy (non-hydrogen) atoms. The molecule has 2 N–H and O–H groups in total. The van der Waals surface area contributed by atoms with Crippen molar-refractivity contribution in [1.82, 2.24) is 0 Å². The Hall–Kier alpha value is -1.67. The molecule has 0 aromatic heterocycles. The molecule has 0 saturated carbocycles. The Kier molecular flexibility index (Phi) is 13.6. The molecular weight excluding hydrogens is 392 g/mol. The summed E-state index contributed by atoms with van der Waals surface area (Å²) in [6.45, 7) is 11.1. The first-order valence-electron chi connectivity index (χ1n) is 10.8. The number of hydrogen-bond donors (Lipinski definition) is 2. The summed E-state index contributed by atoms with van der Waals surface area (Å²) in [6, 6.07) is 0. The molecule has 8 heteroatoms. The molecule has 0 heterocycles. The van der Waals surface area contributed by atoms with Gasteiger partial charge >= 0.3 is 17.9 Å². The first kappa shape index (κ1) is 28.3. The van der Waals surface area contributed by atoms with Gasteiger partial charge in [0.1, 0.15) is 13.2 Å². The normalized spacial score (nSPS) is 15.6. The standard InChI is InChI=1S/C22H40O8/c1-7-15(22(4,5)6)10-19(25)28-13-18(30-21(27)12-17(24)9-3)14-29-20(26)11-16(23)8-2/h15-18,23-24H,7-14H2,1-6H3. The molecule has 0 spiro atoms. The highest BCUT2D eigenvalue weighted by Crippen LogP contribution is 2.31. The van der Waals surface area contributed by atoms with Crippen LogP contribution in [0.4, 0.5) is 0 Å². The minimum absolute atomic E-state index is 0.0500. The van der Waals surface area contributed by atoms with Gasteiger partial charge in [0.25, 0.3) is 0 Å². The number of aliphatic hydroxyl groups is 2. The molecule has 0 bridgehead atoms. The van der Waals surface area contributed by atoms with E-state index in [0.29, 0.717) is 12.8 Å². The van der Waals surface area contributed by atoms with E-state index in [2.05, 4.69) is 20.8 Å². The number of hydrogen-bond acceptors (Lipinski definition) is 8. The Morgan fingerprint density at radius 2 is 1.17 bits per heavy atom.